The summed E-state index contributed by atoms with van der Waals surface area (Å²) >= 11 is 0. The fourth-order valence-corrected chi connectivity index (χ4v) is 2.18. The van der Waals surface area contributed by atoms with Crippen molar-refractivity contribution in [3.05, 3.63) is 23.8 Å². The van der Waals surface area contributed by atoms with Crippen LogP contribution in [0.4, 0.5) is 0 Å². The van der Waals surface area contributed by atoms with Crippen molar-refractivity contribution < 1.29 is 9.47 Å². The normalized spacial score (nSPS) is 13.7. The van der Waals surface area contributed by atoms with Gasteiger partial charge in [-0.1, -0.05) is 38.7 Å². The summed E-state index contributed by atoms with van der Waals surface area (Å²) in [5.74, 6) is 1.81. The highest BCUT2D eigenvalue weighted by Gasteiger charge is 2.11. The first-order valence-electron chi connectivity index (χ1n) is 6.78. The zero-order valence-electron chi connectivity index (χ0n) is 10.7. The molecule has 0 atom stereocenters. The van der Waals surface area contributed by atoms with Crippen LogP contribution < -0.4 is 9.47 Å². The van der Waals surface area contributed by atoms with Crippen molar-refractivity contribution in [2.45, 2.75) is 45.4 Å². The first kappa shape index (κ1) is 12.3. The zero-order valence-corrected chi connectivity index (χ0v) is 10.7. The molecule has 0 amide bonds. The summed E-state index contributed by atoms with van der Waals surface area (Å²) in [5, 5.41) is 0. The van der Waals surface area contributed by atoms with E-state index in [0.717, 1.165) is 17.9 Å². The maximum Gasteiger partial charge on any atom is 0.161 e. The number of rotatable bonds is 6. The van der Waals surface area contributed by atoms with Gasteiger partial charge in [0.15, 0.2) is 11.5 Å². The van der Waals surface area contributed by atoms with Crippen molar-refractivity contribution in [3.8, 4) is 11.5 Å². The van der Waals surface area contributed by atoms with Crippen molar-refractivity contribution in [1.82, 2.24) is 0 Å². The third kappa shape index (κ3) is 3.65. The van der Waals surface area contributed by atoms with Crippen LogP contribution in [0.3, 0.4) is 0 Å². The van der Waals surface area contributed by atoms with Gasteiger partial charge in [-0.2, -0.15) is 0 Å². The lowest BCUT2D eigenvalue weighted by Crippen LogP contribution is -2.15. The molecule has 0 unspecified atom stereocenters. The first-order valence-corrected chi connectivity index (χ1v) is 6.78. The van der Waals surface area contributed by atoms with Crippen molar-refractivity contribution >= 4 is 0 Å². The molecule has 0 spiro atoms. The van der Waals surface area contributed by atoms with E-state index >= 15 is 0 Å². The molecule has 1 aromatic carbocycles. The summed E-state index contributed by atoms with van der Waals surface area (Å²) in [6.45, 7) is 3.59. The Bertz CT molecular complexity index is 347. The van der Waals surface area contributed by atoms with Crippen LogP contribution in [0.5, 0.6) is 11.5 Å². The Morgan fingerprint density at radius 1 is 0.941 bits per heavy atom. The highest BCUT2D eigenvalue weighted by atomic mass is 16.6. The molecule has 0 saturated heterocycles. The predicted molar refractivity (Wildman–Crippen MR) is 69.9 cm³/mol. The van der Waals surface area contributed by atoms with E-state index in [0.29, 0.717) is 13.2 Å². The number of benzene rings is 1. The molecule has 1 aromatic rings. The maximum atomic E-state index is 5.58. The van der Waals surface area contributed by atoms with E-state index in [1.54, 1.807) is 0 Å². The molecule has 0 aliphatic carbocycles. The second-order valence-electron chi connectivity index (χ2n) is 4.64. The first-order chi connectivity index (χ1) is 8.40. The number of fused-ring (bicyclic) bond motifs is 1. The number of unbranched alkanes of at least 4 members (excludes halogenated alkanes) is 4. The van der Waals surface area contributed by atoms with Gasteiger partial charge in [0.05, 0.1) is 0 Å². The van der Waals surface area contributed by atoms with Gasteiger partial charge in [0.1, 0.15) is 13.2 Å². The molecule has 0 N–H and O–H groups in total. The average molecular weight is 234 g/mol. The van der Waals surface area contributed by atoms with Gasteiger partial charge >= 0.3 is 0 Å². The fraction of sp³-hybridized carbons (Fsp3) is 0.600. The van der Waals surface area contributed by atoms with Crippen molar-refractivity contribution in [3.63, 3.8) is 0 Å². The quantitative estimate of drug-likeness (QED) is 0.693. The largest absolute Gasteiger partial charge is 0.486 e. The van der Waals surface area contributed by atoms with Crippen molar-refractivity contribution in [2.24, 2.45) is 0 Å². The molecule has 2 rings (SSSR count). The third-order valence-corrected chi connectivity index (χ3v) is 3.18. The number of hydrogen-bond donors (Lipinski definition) is 0. The van der Waals surface area contributed by atoms with Crippen LogP contribution in [0.2, 0.25) is 0 Å². The molecule has 2 heteroatoms. The lowest BCUT2D eigenvalue weighted by molar-refractivity contribution is 0.171. The maximum absolute atomic E-state index is 5.58. The third-order valence-electron chi connectivity index (χ3n) is 3.18. The minimum atomic E-state index is 0.670. The van der Waals surface area contributed by atoms with Crippen LogP contribution in [-0.4, -0.2) is 13.2 Å². The molecule has 0 saturated carbocycles. The summed E-state index contributed by atoms with van der Waals surface area (Å²) in [7, 11) is 0. The van der Waals surface area contributed by atoms with Gasteiger partial charge in [-0.05, 0) is 30.5 Å². The Hall–Kier alpha value is -1.18. The van der Waals surface area contributed by atoms with E-state index in [4.69, 9.17) is 9.47 Å². The summed E-state index contributed by atoms with van der Waals surface area (Å²) in [4.78, 5) is 0. The SMILES string of the molecule is CCCCCCCc1ccc2c(c1)OCCO2. The fourth-order valence-electron chi connectivity index (χ4n) is 2.18. The Kier molecular flexibility index (Phi) is 4.72. The molecule has 17 heavy (non-hydrogen) atoms. The summed E-state index contributed by atoms with van der Waals surface area (Å²) in [5.41, 5.74) is 1.37. The molecule has 0 fully saturated rings. The summed E-state index contributed by atoms with van der Waals surface area (Å²) in [6, 6.07) is 6.33. The van der Waals surface area contributed by atoms with Crippen LogP contribution in [0.25, 0.3) is 0 Å². The van der Waals surface area contributed by atoms with E-state index in [9.17, 15) is 0 Å². The highest BCUT2D eigenvalue weighted by Crippen LogP contribution is 2.31. The van der Waals surface area contributed by atoms with Gasteiger partial charge in [0.2, 0.25) is 0 Å². The van der Waals surface area contributed by atoms with Gasteiger partial charge < -0.3 is 9.47 Å². The van der Waals surface area contributed by atoms with Gasteiger partial charge in [0.25, 0.3) is 0 Å². The molecule has 94 valence electrons. The molecule has 2 nitrogen and oxygen atoms in total. The molecular formula is C15H22O2. The lowest BCUT2D eigenvalue weighted by Gasteiger charge is -2.18. The molecule has 1 aliphatic rings. The second kappa shape index (κ2) is 6.53. The summed E-state index contributed by atoms with van der Waals surface area (Å²) < 4.78 is 11.1. The van der Waals surface area contributed by atoms with Gasteiger partial charge in [-0.25, -0.2) is 0 Å². The molecule has 0 radical (unpaired) electrons. The van der Waals surface area contributed by atoms with Gasteiger partial charge in [-0.15, -0.1) is 0 Å². The zero-order chi connectivity index (χ0) is 11.9. The molecule has 0 aromatic heterocycles. The topological polar surface area (TPSA) is 18.5 Å². The van der Waals surface area contributed by atoms with Crippen LogP contribution in [0, 0.1) is 0 Å². The van der Waals surface area contributed by atoms with Crippen LogP contribution >= 0.6 is 0 Å². The standard InChI is InChI=1S/C15H22O2/c1-2-3-4-5-6-7-13-8-9-14-15(12-13)17-11-10-16-14/h8-9,12H,2-7,10-11H2,1H3. The van der Waals surface area contributed by atoms with Gasteiger partial charge in [0, 0.05) is 0 Å². The number of aryl methyl sites for hydroxylation is 1. The number of ether oxygens (including phenoxy) is 2. The van der Waals surface area contributed by atoms with E-state index in [1.165, 1.54) is 37.7 Å². The molecular weight excluding hydrogens is 212 g/mol. The Morgan fingerprint density at radius 2 is 1.71 bits per heavy atom. The van der Waals surface area contributed by atoms with E-state index in [-0.39, 0.29) is 0 Å². The van der Waals surface area contributed by atoms with E-state index in [2.05, 4.69) is 19.1 Å². The molecule has 1 heterocycles. The van der Waals surface area contributed by atoms with Gasteiger partial charge in [-0.3, -0.25) is 0 Å². The highest BCUT2D eigenvalue weighted by molar-refractivity contribution is 5.43. The lowest BCUT2D eigenvalue weighted by atomic mass is 10.0. The minimum Gasteiger partial charge on any atom is -0.486 e. The molecule has 0 bridgehead atoms. The summed E-state index contributed by atoms with van der Waals surface area (Å²) in [6.07, 6.45) is 7.80. The number of hydrogen-bond acceptors (Lipinski definition) is 2. The van der Waals surface area contributed by atoms with E-state index < -0.39 is 0 Å². The Morgan fingerprint density at radius 3 is 2.53 bits per heavy atom. The smallest absolute Gasteiger partial charge is 0.161 e. The van der Waals surface area contributed by atoms with Crippen molar-refractivity contribution in [1.29, 1.82) is 0 Å². The monoisotopic (exact) mass is 234 g/mol. The Balaban J connectivity index is 1.81. The molecule has 1 aliphatic heterocycles. The van der Waals surface area contributed by atoms with Crippen LogP contribution in [0.1, 0.15) is 44.6 Å². The van der Waals surface area contributed by atoms with Crippen LogP contribution in [-0.2, 0) is 6.42 Å². The van der Waals surface area contributed by atoms with Crippen LogP contribution in [0.15, 0.2) is 18.2 Å². The minimum absolute atomic E-state index is 0.670. The second-order valence-corrected chi connectivity index (χ2v) is 4.64. The van der Waals surface area contributed by atoms with Crippen molar-refractivity contribution in [2.75, 3.05) is 13.2 Å². The average Bonchev–Trinajstić information content (AvgIpc) is 2.38. The van der Waals surface area contributed by atoms with E-state index in [1.807, 2.05) is 6.07 Å². The Labute approximate surface area is 104 Å². The predicted octanol–water partition coefficient (Wildman–Crippen LogP) is 3.97.